The molecule has 0 aliphatic heterocycles. The summed E-state index contributed by atoms with van der Waals surface area (Å²) in [6.45, 7) is 0.536. The van der Waals surface area contributed by atoms with Gasteiger partial charge in [0.15, 0.2) is 0 Å². The molecular weight excluding hydrogens is 314 g/mol. The summed E-state index contributed by atoms with van der Waals surface area (Å²) in [6, 6.07) is 16.3. The van der Waals surface area contributed by atoms with Crippen LogP contribution in [0.25, 0.3) is 22.6 Å². The molecule has 0 amide bonds. The maximum Gasteiger partial charge on any atom is 0.137 e. The average molecular weight is 328 g/mol. The molecule has 3 N–H and O–H groups in total. The third-order valence-corrected chi connectivity index (χ3v) is 3.70. The van der Waals surface area contributed by atoms with Crippen LogP contribution in [-0.2, 0) is 6.54 Å². The molecule has 0 saturated carbocycles. The fourth-order valence-corrected chi connectivity index (χ4v) is 2.35. The zero-order chi connectivity index (χ0) is 13.9. The minimum Gasteiger partial charge on any atom is -0.338 e. The van der Waals surface area contributed by atoms with E-state index in [4.69, 9.17) is 5.73 Å². The second-order valence-electron chi connectivity index (χ2n) is 4.56. The van der Waals surface area contributed by atoms with Crippen molar-refractivity contribution in [1.29, 1.82) is 0 Å². The van der Waals surface area contributed by atoms with Crippen molar-refractivity contribution in [2.75, 3.05) is 0 Å². The highest BCUT2D eigenvalue weighted by atomic mass is 79.9. The van der Waals surface area contributed by atoms with E-state index in [1.54, 1.807) is 0 Å². The summed E-state index contributed by atoms with van der Waals surface area (Å²) in [6.07, 6.45) is 1.85. The molecule has 0 atom stereocenters. The van der Waals surface area contributed by atoms with Gasteiger partial charge in [0, 0.05) is 16.6 Å². The van der Waals surface area contributed by atoms with E-state index >= 15 is 0 Å². The number of hydrogen-bond acceptors (Lipinski definition) is 2. The van der Waals surface area contributed by atoms with Crippen LogP contribution in [0.15, 0.2) is 59.2 Å². The van der Waals surface area contributed by atoms with Crippen LogP contribution in [0.5, 0.6) is 0 Å². The summed E-state index contributed by atoms with van der Waals surface area (Å²) >= 11 is 3.44. The van der Waals surface area contributed by atoms with Crippen LogP contribution in [0.1, 0.15) is 5.56 Å². The van der Waals surface area contributed by atoms with Gasteiger partial charge in [-0.1, -0.05) is 46.3 Å². The molecule has 20 heavy (non-hydrogen) atoms. The van der Waals surface area contributed by atoms with Crippen LogP contribution >= 0.6 is 15.9 Å². The zero-order valence-electron chi connectivity index (χ0n) is 10.8. The lowest BCUT2D eigenvalue weighted by atomic mass is 10.1. The molecule has 4 heteroatoms. The van der Waals surface area contributed by atoms with E-state index in [0.717, 1.165) is 32.7 Å². The van der Waals surface area contributed by atoms with Gasteiger partial charge >= 0.3 is 0 Å². The van der Waals surface area contributed by atoms with Gasteiger partial charge in [-0.25, -0.2) is 4.98 Å². The SMILES string of the molecule is NCc1cccc(-c2ncc(-c3ccc(Br)cc3)[nH]2)c1. The van der Waals surface area contributed by atoms with Gasteiger partial charge in [0.1, 0.15) is 5.82 Å². The molecule has 3 aromatic rings. The first-order valence-electron chi connectivity index (χ1n) is 6.36. The smallest absolute Gasteiger partial charge is 0.137 e. The summed E-state index contributed by atoms with van der Waals surface area (Å²) in [5.41, 5.74) is 9.94. The highest BCUT2D eigenvalue weighted by molar-refractivity contribution is 9.10. The van der Waals surface area contributed by atoms with Gasteiger partial charge in [0.05, 0.1) is 11.9 Å². The van der Waals surface area contributed by atoms with Gasteiger partial charge in [-0.05, 0) is 29.3 Å². The highest BCUT2D eigenvalue weighted by Gasteiger charge is 2.05. The first-order valence-corrected chi connectivity index (χ1v) is 7.16. The molecular formula is C16H14BrN3. The molecule has 3 rings (SSSR count). The normalized spacial score (nSPS) is 10.7. The number of H-pyrrole nitrogens is 1. The van der Waals surface area contributed by atoms with E-state index in [-0.39, 0.29) is 0 Å². The van der Waals surface area contributed by atoms with Crippen molar-refractivity contribution in [2.24, 2.45) is 5.73 Å². The van der Waals surface area contributed by atoms with Crippen LogP contribution < -0.4 is 5.73 Å². The summed E-state index contributed by atoms with van der Waals surface area (Å²) < 4.78 is 1.07. The Hall–Kier alpha value is -1.91. The Morgan fingerprint density at radius 2 is 1.85 bits per heavy atom. The van der Waals surface area contributed by atoms with Gasteiger partial charge in [-0.2, -0.15) is 0 Å². The lowest BCUT2D eigenvalue weighted by molar-refractivity contribution is 1.07. The van der Waals surface area contributed by atoms with Crippen LogP contribution in [0.4, 0.5) is 0 Å². The van der Waals surface area contributed by atoms with E-state index in [0.29, 0.717) is 6.54 Å². The van der Waals surface area contributed by atoms with Gasteiger partial charge in [-0.3, -0.25) is 0 Å². The van der Waals surface area contributed by atoms with E-state index in [1.807, 2.05) is 36.5 Å². The number of rotatable bonds is 3. The van der Waals surface area contributed by atoms with E-state index < -0.39 is 0 Å². The highest BCUT2D eigenvalue weighted by Crippen LogP contribution is 2.24. The number of benzene rings is 2. The van der Waals surface area contributed by atoms with Crippen molar-refractivity contribution in [3.63, 3.8) is 0 Å². The average Bonchev–Trinajstić information content (AvgIpc) is 2.98. The molecule has 2 aromatic carbocycles. The quantitative estimate of drug-likeness (QED) is 0.764. The third-order valence-electron chi connectivity index (χ3n) is 3.17. The van der Waals surface area contributed by atoms with Crippen molar-refractivity contribution in [3.8, 4) is 22.6 Å². The number of aromatic amines is 1. The van der Waals surface area contributed by atoms with Crippen LogP contribution in [0, 0.1) is 0 Å². The molecule has 0 bridgehead atoms. The summed E-state index contributed by atoms with van der Waals surface area (Å²) in [7, 11) is 0. The standard InChI is InChI=1S/C16H14BrN3/c17-14-6-4-12(5-7-14)15-10-19-16(20-15)13-3-1-2-11(8-13)9-18/h1-8,10H,9,18H2,(H,19,20). The van der Waals surface area contributed by atoms with Crippen molar-refractivity contribution in [3.05, 3.63) is 64.8 Å². The van der Waals surface area contributed by atoms with Crippen LogP contribution in [0.2, 0.25) is 0 Å². The topological polar surface area (TPSA) is 54.7 Å². The van der Waals surface area contributed by atoms with E-state index in [9.17, 15) is 0 Å². The number of aromatic nitrogens is 2. The predicted molar refractivity (Wildman–Crippen MR) is 85.1 cm³/mol. The third kappa shape index (κ3) is 2.66. The summed E-state index contributed by atoms with van der Waals surface area (Å²) in [4.78, 5) is 7.80. The summed E-state index contributed by atoms with van der Waals surface area (Å²) in [5.74, 6) is 0.859. The molecule has 0 unspecified atom stereocenters. The molecule has 3 nitrogen and oxygen atoms in total. The van der Waals surface area contributed by atoms with Crippen LogP contribution in [0.3, 0.4) is 0 Å². The Morgan fingerprint density at radius 1 is 1.05 bits per heavy atom. The number of nitrogens with zero attached hydrogens (tertiary/aromatic N) is 1. The largest absolute Gasteiger partial charge is 0.338 e. The van der Waals surface area contributed by atoms with Crippen molar-refractivity contribution >= 4 is 15.9 Å². The second kappa shape index (κ2) is 5.61. The molecule has 0 radical (unpaired) electrons. The molecule has 1 heterocycles. The van der Waals surface area contributed by atoms with Gasteiger partial charge < -0.3 is 10.7 Å². The van der Waals surface area contributed by atoms with Crippen molar-refractivity contribution in [2.45, 2.75) is 6.54 Å². The number of halogens is 1. The van der Waals surface area contributed by atoms with Crippen molar-refractivity contribution < 1.29 is 0 Å². The zero-order valence-corrected chi connectivity index (χ0v) is 12.4. The molecule has 0 fully saturated rings. The Labute approximate surface area is 126 Å². The number of nitrogens with two attached hydrogens (primary N) is 1. The number of hydrogen-bond donors (Lipinski definition) is 2. The van der Waals surface area contributed by atoms with Gasteiger partial charge in [-0.15, -0.1) is 0 Å². The minimum absolute atomic E-state index is 0.536. The van der Waals surface area contributed by atoms with E-state index in [2.05, 4.69) is 44.1 Å². The second-order valence-corrected chi connectivity index (χ2v) is 5.47. The Morgan fingerprint density at radius 3 is 2.60 bits per heavy atom. The molecule has 0 aliphatic rings. The van der Waals surface area contributed by atoms with E-state index in [1.165, 1.54) is 0 Å². The Balaban J connectivity index is 1.95. The minimum atomic E-state index is 0.536. The van der Waals surface area contributed by atoms with Gasteiger partial charge in [0.2, 0.25) is 0 Å². The monoisotopic (exact) mass is 327 g/mol. The Kier molecular flexibility index (Phi) is 3.67. The fraction of sp³-hybridized carbons (Fsp3) is 0.0625. The summed E-state index contributed by atoms with van der Waals surface area (Å²) in [5, 5.41) is 0. The van der Waals surface area contributed by atoms with Crippen molar-refractivity contribution in [1.82, 2.24) is 9.97 Å². The maximum atomic E-state index is 5.67. The molecule has 0 aliphatic carbocycles. The lowest BCUT2D eigenvalue weighted by Gasteiger charge is -2.01. The fourth-order valence-electron chi connectivity index (χ4n) is 2.09. The number of nitrogens with one attached hydrogen (secondary N) is 1. The lowest BCUT2D eigenvalue weighted by Crippen LogP contribution is -1.96. The Bertz CT molecular complexity index is 717. The first-order chi connectivity index (χ1) is 9.76. The molecule has 1 aromatic heterocycles. The molecule has 0 spiro atoms. The molecule has 100 valence electrons. The maximum absolute atomic E-state index is 5.67. The van der Waals surface area contributed by atoms with Gasteiger partial charge in [0.25, 0.3) is 0 Å². The predicted octanol–water partition coefficient (Wildman–Crippen LogP) is 3.96. The molecule has 0 saturated heterocycles. The van der Waals surface area contributed by atoms with Crippen LogP contribution in [-0.4, -0.2) is 9.97 Å². The first kappa shape index (κ1) is 13.1. The number of imidazole rings is 1.